The van der Waals surface area contributed by atoms with Gasteiger partial charge in [0, 0.05) is 18.3 Å². The molecule has 0 spiro atoms. The maximum atomic E-state index is 13.0. The number of rotatable bonds is 8. The van der Waals surface area contributed by atoms with Crippen molar-refractivity contribution in [2.24, 2.45) is 46.3 Å². The van der Waals surface area contributed by atoms with Crippen molar-refractivity contribution in [1.29, 1.82) is 0 Å². The first-order valence-electron chi connectivity index (χ1n) is 12.7. The molecule has 3 rings (SSSR count). The molecule has 0 aliphatic heterocycles. The molecule has 0 bridgehead atoms. The molecule has 3 aliphatic rings. The third-order valence-corrected chi connectivity index (χ3v) is 9.87. The molecule has 0 N–H and O–H groups in total. The molecule has 30 heavy (non-hydrogen) atoms. The number of ketones is 1. The summed E-state index contributed by atoms with van der Waals surface area (Å²) in [5.74, 6) is 4.56. The van der Waals surface area contributed by atoms with Crippen LogP contribution in [0, 0.1) is 46.3 Å². The predicted octanol–water partition coefficient (Wildman–Crippen LogP) is 6.83. The van der Waals surface area contributed by atoms with Gasteiger partial charge in [0.25, 0.3) is 0 Å². The van der Waals surface area contributed by atoms with Gasteiger partial charge in [-0.15, -0.1) is 0 Å². The topological polar surface area (TPSA) is 43.4 Å². The fraction of sp³-hybridized carbons (Fsp3) is 0.926. The van der Waals surface area contributed by atoms with Crippen LogP contribution in [0.5, 0.6) is 0 Å². The number of Topliss-reactive ketones (excluding diaryl/α,β-unsaturated/α-hetero) is 1. The molecule has 172 valence electrons. The molecular formula is C27H46O3. The lowest BCUT2D eigenvalue weighted by molar-refractivity contribution is -0.149. The van der Waals surface area contributed by atoms with Crippen LogP contribution in [-0.2, 0) is 14.3 Å². The summed E-state index contributed by atoms with van der Waals surface area (Å²) >= 11 is 0. The lowest BCUT2D eigenvalue weighted by atomic mass is 9.48. The summed E-state index contributed by atoms with van der Waals surface area (Å²) in [6.45, 7) is 11.9. The number of methoxy groups -OCH3 is 1. The van der Waals surface area contributed by atoms with E-state index >= 15 is 0 Å². The maximum absolute atomic E-state index is 13.0. The molecule has 3 nitrogen and oxygen atoms in total. The third kappa shape index (κ3) is 4.37. The Bertz CT molecular complexity index is 626. The molecule has 7 unspecified atom stereocenters. The normalized spacial score (nSPS) is 39.5. The van der Waals surface area contributed by atoms with Gasteiger partial charge in [-0.3, -0.25) is 9.59 Å². The molecular weight excluding hydrogens is 372 g/mol. The molecule has 3 aliphatic carbocycles. The zero-order chi connectivity index (χ0) is 22.1. The second-order valence-corrected chi connectivity index (χ2v) is 11.9. The minimum absolute atomic E-state index is 0.178. The molecule has 7 atom stereocenters. The van der Waals surface area contributed by atoms with Crippen LogP contribution in [0.15, 0.2) is 0 Å². The van der Waals surface area contributed by atoms with Gasteiger partial charge < -0.3 is 4.74 Å². The largest absolute Gasteiger partial charge is 0.469 e. The van der Waals surface area contributed by atoms with Gasteiger partial charge >= 0.3 is 5.97 Å². The molecule has 0 radical (unpaired) electrons. The lowest BCUT2D eigenvalue weighted by Crippen LogP contribution is -2.52. The first kappa shape index (κ1) is 23.8. The van der Waals surface area contributed by atoms with E-state index in [-0.39, 0.29) is 11.4 Å². The summed E-state index contributed by atoms with van der Waals surface area (Å²) in [5.41, 5.74) is 0.113. The standard InChI is InChI=1S/C27H46O3/c1-18(2)8-7-9-19(3)21-11-12-22-20-10-13-24(28)27(5,17-15-25(29)30-6)23(20)14-16-26(21,22)4/h18-23H,7-17H2,1-6H3. The number of carbonyl (C=O) groups is 2. The van der Waals surface area contributed by atoms with Crippen LogP contribution in [0.25, 0.3) is 0 Å². The summed E-state index contributed by atoms with van der Waals surface area (Å²) in [6, 6.07) is 0. The van der Waals surface area contributed by atoms with Crippen LogP contribution in [0.1, 0.15) is 105 Å². The third-order valence-electron chi connectivity index (χ3n) is 9.87. The number of carbonyl (C=O) groups excluding carboxylic acids is 2. The molecule has 0 saturated heterocycles. The van der Waals surface area contributed by atoms with Crippen LogP contribution in [0.2, 0.25) is 0 Å². The van der Waals surface area contributed by atoms with Crippen LogP contribution in [0.3, 0.4) is 0 Å². The van der Waals surface area contributed by atoms with Crippen molar-refractivity contribution < 1.29 is 14.3 Å². The van der Waals surface area contributed by atoms with Gasteiger partial charge in [0.05, 0.1) is 7.11 Å². The van der Waals surface area contributed by atoms with Crippen LogP contribution in [-0.4, -0.2) is 18.9 Å². The molecule has 3 saturated carbocycles. The van der Waals surface area contributed by atoms with Gasteiger partial charge in [0.1, 0.15) is 5.78 Å². The van der Waals surface area contributed by atoms with E-state index in [1.807, 2.05) is 0 Å². The predicted molar refractivity (Wildman–Crippen MR) is 122 cm³/mol. The summed E-state index contributed by atoms with van der Waals surface area (Å²) in [7, 11) is 1.45. The van der Waals surface area contributed by atoms with E-state index < -0.39 is 0 Å². The molecule has 3 heteroatoms. The Balaban J connectivity index is 1.72. The molecule has 0 amide bonds. The number of fused-ring (bicyclic) bond motifs is 3. The van der Waals surface area contributed by atoms with Crippen LogP contribution >= 0.6 is 0 Å². The fourth-order valence-electron chi connectivity index (χ4n) is 8.08. The van der Waals surface area contributed by atoms with Gasteiger partial charge in [-0.1, -0.05) is 53.9 Å². The highest BCUT2D eigenvalue weighted by atomic mass is 16.5. The highest BCUT2D eigenvalue weighted by Gasteiger charge is 2.59. The first-order valence-corrected chi connectivity index (χ1v) is 12.7. The van der Waals surface area contributed by atoms with Crippen molar-refractivity contribution in [3.63, 3.8) is 0 Å². The Morgan fingerprint density at radius 2 is 1.80 bits per heavy atom. The van der Waals surface area contributed by atoms with E-state index in [9.17, 15) is 9.59 Å². The van der Waals surface area contributed by atoms with Gasteiger partial charge in [-0.25, -0.2) is 0 Å². The van der Waals surface area contributed by atoms with Gasteiger partial charge in [-0.05, 0) is 79.4 Å². The minimum Gasteiger partial charge on any atom is -0.469 e. The van der Waals surface area contributed by atoms with E-state index in [1.54, 1.807) is 0 Å². The fourth-order valence-corrected chi connectivity index (χ4v) is 8.08. The van der Waals surface area contributed by atoms with Crippen molar-refractivity contribution in [3.8, 4) is 0 Å². The van der Waals surface area contributed by atoms with E-state index in [0.717, 1.165) is 36.5 Å². The molecule has 0 aromatic heterocycles. The first-order chi connectivity index (χ1) is 14.1. The lowest BCUT2D eigenvalue weighted by Gasteiger charge is -2.56. The Morgan fingerprint density at radius 3 is 2.47 bits per heavy atom. The Kier molecular flexibility index (Phi) is 7.40. The number of hydrogen-bond donors (Lipinski definition) is 0. The second-order valence-electron chi connectivity index (χ2n) is 11.9. The molecule has 0 aromatic carbocycles. The quantitative estimate of drug-likeness (QED) is 0.406. The zero-order valence-corrected chi connectivity index (χ0v) is 20.5. The SMILES string of the molecule is COC(=O)CCC1(C)C(=O)CCC2C1CCC1(C)C(C(C)CCCC(C)C)CCC21. The Hall–Kier alpha value is -0.860. The van der Waals surface area contributed by atoms with E-state index in [1.165, 1.54) is 45.6 Å². The summed E-state index contributed by atoms with van der Waals surface area (Å²) in [5, 5.41) is 0. The molecule has 3 fully saturated rings. The molecule has 0 heterocycles. The Morgan fingerprint density at radius 1 is 1.07 bits per heavy atom. The van der Waals surface area contributed by atoms with Gasteiger partial charge in [0.15, 0.2) is 0 Å². The summed E-state index contributed by atoms with van der Waals surface area (Å²) < 4.78 is 4.88. The van der Waals surface area contributed by atoms with E-state index in [2.05, 4.69) is 34.6 Å². The van der Waals surface area contributed by atoms with Gasteiger partial charge in [-0.2, -0.15) is 0 Å². The monoisotopic (exact) mass is 418 g/mol. The summed E-state index contributed by atoms with van der Waals surface area (Å²) in [6.07, 6.45) is 12.1. The number of esters is 1. The van der Waals surface area contributed by atoms with Crippen molar-refractivity contribution in [2.75, 3.05) is 7.11 Å². The van der Waals surface area contributed by atoms with Crippen LogP contribution < -0.4 is 0 Å². The zero-order valence-electron chi connectivity index (χ0n) is 20.5. The maximum Gasteiger partial charge on any atom is 0.305 e. The molecule has 0 aromatic rings. The highest BCUT2D eigenvalue weighted by Crippen LogP contribution is 2.65. The van der Waals surface area contributed by atoms with Crippen molar-refractivity contribution in [1.82, 2.24) is 0 Å². The average Bonchev–Trinajstić information content (AvgIpc) is 3.06. The van der Waals surface area contributed by atoms with Crippen LogP contribution in [0.4, 0.5) is 0 Å². The second kappa shape index (κ2) is 9.33. The van der Waals surface area contributed by atoms with Crippen molar-refractivity contribution >= 4 is 11.8 Å². The summed E-state index contributed by atoms with van der Waals surface area (Å²) in [4.78, 5) is 24.8. The van der Waals surface area contributed by atoms with E-state index in [4.69, 9.17) is 4.74 Å². The average molecular weight is 419 g/mol. The number of hydrogen-bond acceptors (Lipinski definition) is 3. The highest BCUT2D eigenvalue weighted by molar-refractivity contribution is 5.86. The van der Waals surface area contributed by atoms with E-state index in [0.29, 0.717) is 42.3 Å². The smallest absolute Gasteiger partial charge is 0.305 e. The van der Waals surface area contributed by atoms with Crippen molar-refractivity contribution in [3.05, 3.63) is 0 Å². The van der Waals surface area contributed by atoms with Gasteiger partial charge in [0.2, 0.25) is 0 Å². The minimum atomic E-state index is -0.334. The Labute approximate surface area is 185 Å². The van der Waals surface area contributed by atoms with Crippen molar-refractivity contribution in [2.45, 2.75) is 105 Å². The number of ether oxygens (including phenoxy) is 1.